The van der Waals surface area contributed by atoms with Crippen LogP contribution in [0.2, 0.25) is 0 Å². The van der Waals surface area contributed by atoms with Crippen LogP contribution in [0, 0.1) is 0 Å². The normalized spacial score (nSPS) is 19.5. The average molecular weight is 422 g/mol. The van der Waals surface area contributed by atoms with E-state index in [9.17, 15) is 9.59 Å². The van der Waals surface area contributed by atoms with Crippen molar-refractivity contribution in [3.05, 3.63) is 28.7 Å². The van der Waals surface area contributed by atoms with Crippen molar-refractivity contribution in [1.29, 1.82) is 0 Å². The number of thioether (sulfide) groups is 1. The Bertz CT molecular complexity index is 819. The van der Waals surface area contributed by atoms with Crippen LogP contribution in [0.5, 0.6) is 11.5 Å². The first-order valence-corrected chi connectivity index (χ1v) is 10.1. The zero-order valence-electron chi connectivity index (χ0n) is 16.1. The van der Waals surface area contributed by atoms with Gasteiger partial charge in [-0.15, -0.1) is 0 Å². The predicted molar refractivity (Wildman–Crippen MR) is 114 cm³/mol. The van der Waals surface area contributed by atoms with Gasteiger partial charge in [0.05, 0.1) is 19.1 Å². The molecule has 1 aromatic rings. The summed E-state index contributed by atoms with van der Waals surface area (Å²) < 4.78 is 10.9. The Balaban J connectivity index is 1.71. The minimum absolute atomic E-state index is 0.0162. The Kier molecular flexibility index (Phi) is 6.58. The number of benzene rings is 1. The number of rotatable bonds is 5. The number of amides is 2. The molecule has 0 radical (unpaired) electrons. The fourth-order valence-electron chi connectivity index (χ4n) is 3.02. The summed E-state index contributed by atoms with van der Waals surface area (Å²) in [5, 5.41) is 0. The van der Waals surface area contributed by atoms with Crippen molar-refractivity contribution in [3.63, 3.8) is 0 Å². The smallest absolute Gasteiger partial charge is 0.266 e. The highest BCUT2D eigenvalue weighted by Crippen LogP contribution is 2.34. The van der Waals surface area contributed by atoms with E-state index < -0.39 is 0 Å². The largest absolute Gasteiger partial charge is 0.493 e. The van der Waals surface area contributed by atoms with E-state index in [1.165, 1.54) is 16.7 Å². The van der Waals surface area contributed by atoms with E-state index >= 15 is 0 Å². The van der Waals surface area contributed by atoms with Gasteiger partial charge in [0.25, 0.3) is 5.91 Å². The van der Waals surface area contributed by atoms with Gasteiger partial charge < -0.3 is 19.3 Å². The predicted octanol–water partition coefficient (Wildman–Crippen LogP) is 1.68. The number of methoxy groups -OCH3 is 2. The van der Waals surface area contributed by atoms with Crippen LogP contribution in [0.1, 0.15) is 5.56 Å². The minimum atomic E-state index is -0.243. The first kappa shape index (κ1) is 20.6. The average Bonchev–Trinajstić information content (AvgIpc) is 2.95. The van der Waals surface area contributed by atoms with Crippen molar-refractivity contribution in [2.45, 2.75) is 0 Å². The maximum absolute atomic E-state index is 12.8. The second-order valence-electron chi connectivity index (χ2n) is 6.57. The number of thiocarbonyl (C=S) groups is 1. The van der Waals surface area contributed by atoms with Gasteiger partial charge in [-0.2, -0.15) is 0 Å². The van der Waals surface area contributed by atoms with Gasteiger partial charge >= 0.3 is 0 Å². The Hall–Kier alpha value is -2.10. The molecule has 9 heteroatoms. The molecular formula is C19H23N3O4S2. The molecule has 0 unspecified atom stereocenters. The third kappa shape index (κ3) is 4.48. The molecule has 2 saturated heterocycles. The summed E-state index contributed by atoms with van der Waals surface area (Å²) in [4.78, 5) is 31.2. The molecule has 1 aromatic carbocycles. The number of carbonyl (C=O) groups excluding carboxylic acids is 2. The Labute approximate surface area is 174 Å². The highest BCUT2D eigenvalue weighted by atomic mass is 32.2. The van der Waals surface area contributed by atoms with Gasteiger partial charge in [0, 0.05) is 26.2 Å². The molecule has 2 fully saturated rings. The first-order valence-electron chi connectivity index (χ1n) is 8.86. The van der Waals surface area contributed by atoms with Crippen LogP contribution in [0.4, 0.5) is 0 Å². The molecule has 0 saturated carbocycles. The van der Waals surface area contributed by atoms with Crippen LogP contribution in [0.25, 0.3) is 6.08 Å². The third-order valence-corrected chi connectivity index (χ3v) is 6.11. The zero-order chi connectivity index (χ0) is 20.3. The lowest BCUT2D eigenvalue weighted by Gasteiger charge is -2.33. The summed E-state index contributed by atoms with van der Waals surface area (Å²) in [5.74, 6) is 0.881. The summed E-state index contributed by atoms with van der Waals surface area (Å²) in [5.41, 5.74) is 0.795. The van der Waals surface area contributed by atoms with Crippen molar-refractivity contribution >= 4 is 46.2 Å². The summed E-state index contributed by atoms with van der Waals surface area (Å²) in [7, 11) is 5.16. The summed E-state index contributed by atoms with van der Waals surface area (Å²) in [6.45, 7) is 3.00. The van der Waals surface area contributed by atoms with Crippen molar-refractivity contribution in [2.75, 3.05) is 54.0 Å². The maximum atomic E-state index is 12.8. The summed E-state index contributed by atoms with van der Waals surface area (Å²) >= 11 is 6.55. The first-order chi connectivity index (χ1) is 13.4. The van der Waals surface area contributed by atoms with Gasteiger partial charge in [-0.1, -0.05) is 30.0 Å². The van der Waals surface area contributed by atoms with Crippen molar-refractivity contribution in [3.8, 4) is 11.5 Å². The number of likely N-dealkylation sites (N-methyl/N-ethyl adjacent to an activating group) is 1. The van der Waals surface area contributed by atoms with Crippen LogP contribution >= 0.6 is 24.0 Å². The lowest BCUT2D eigenvalue weighted by Crippen LogP contribution is -2.50. The van der Waals surface area contributed by atoms with Crippen LogP contribution in [-0.4, -0.2) is 84.8 Å². The maximum Gasteiger partial charge on any atom is 0.266 e. The number of hydrogen-bond acceptors (Lipinski definition) is 7. The third-order valence-electron chi connectivity index (χ3n) is 4.73. The summed E-state index contributed by atoms with van der Waals surface area (Å²) in [6.07, 6.45) is 1.75. The van der Waals surface area contributed by atoms with Crippen molar-refractivity contribution in [1.82, 2.24) is 14.7 Å². The molecule has 2 aliphatic rings. The number of carbonyl (C=O) groups is 2. The van der Waals surface area contributed by atoms with E-state index in [1.807, 2.05) is 13.1 Å². The SMILES string of the molecule is COc1ccc(/C=C2/SC(=S)N(CC(=O)N3CCN(C)CC3)C2=O)cc1OC. The lowest BCUT2D eigenvalue weighted by molar-refractivity contribution is -0.136. The monoisotopic (exact) mass is 421 g/mol. The molecule has 7 nitrogen and oxygen atoms in total. The molecule has 150 valence electrons. The Morgan fingerprint density at radius 2 is 1.86 bits per heavy atom. The van der Waals surface area contributed by atoms with E-state index in [0.29, 0.717) is 33.8 Å². The molecule has 2 aliphatic heterocycles. The highest BCUT2D eigenvalue weighted by molar-refractivity contribution is 8.26. The van der Waals surface area contributed by atoms with Gasteiger partial charge in [-0.3, -0.25) is 14.5 Å². The van der Waals surface area contributed by atoms with E-state index in [2.05, 4.69) is 4.90 Å². The van der Waals surface area contributed by atoms with E-state index in [0.717, 1.165) is 18.7 Å². The molecule has 0 aliphatic carbocycles. The number of ether oxygens (including phenoxy) is 2. The molecule has 2 heterocycles. The second-order valence-corrected chi connectivity index (χ2v) is 8.24. The van der Waals surface area contributed by atoms with Crippen LogP contribution in [-0.2, 0) is 9.59 Å². The van der Waals surface area contributed by atoms with Gasteiger partial charge in [0.15, 0.2) is 11.5 Å². The molecule has 0 spiro atoms. The van der Waals surface area contributed by atoms with E-state index in [4.69, 9.17) is 21.7 Å². The number of hydrogen-bond donors (Lipinski definition) is 0. The van der Waals surface area contributed by atoms with Crippen LogP contribution < -0.4 is 9.47 Å². The van der Waals surface area contributed by atoms with Crippen LogP contribution in [0.3, 0.4) is 0 Å². The van der Waals surface area contributed by atoms with E-state index in [1.54, 1.807) is 37.3 Å². The topological polar surface area (TPSA) is 62.3 Å². The van der Waals surface area contributed by atoms with Crippen molar-refractivity contribution in [2.24, 2.45) is 0 Å². The molecule has 0 aromatic heterocycles. The van der Waals surface area contributed by atoms with Gasteiger partial charge in [0.1, 0.15) is 10.9 Å². The van der Waals surface area contributed by atoms with Gasteiger partial charge in [-0.05, 0) is 30.8 Å². The minimum Gasteiger partial charge on any atom is -0.493 e. The molecule has 2 amide bonds. The zero-order valence-corrected chi connectivity index (χ0v) is 17.8. The van der Waals surface area contributed by atoms with Crippen LogP contribution in [0.15, 0.2) is 23.1 Å². The molecule has 0 bridgehead atoms. The quantitative estimate of drug-likeness (QED) is 0.529. The fraction of sp³-hybridized carbons (Fsp3) is 0.421. The number of nitrogens with zero attached hydrogens (tertiary/aromatic N) is 3. The molecule has 0 N–H and O–H groups in total. The van der Waals surface area contributed by atoms with Gasteiger partial charge in [0.2, 0.25) is 5.91 Å². The second kappa shape index (κ2) is 8.93. The van der Waals surface area contributed by atoms with Crippen molar-refractivity contribution < 1.29 is 19.1 Å². The fourth-order valence-corrected chi connectivity index (χ4v) is 4.28. The van der Waals surface area contributed by atoms with E-state index in [-0.39, 0.29) is 18.4 Å². The Morgan fingerprint density at radius 3 is 2.50 bits per heavy atom. The number of piperazine rings is 1. The van der Waals surface area contributed by atoms with Gasteiger partial charge in [-0.25, -0.2) is 0 Å². The Morgan fingerprint density at radius 1 is 1.18 bits per heavy atom. The molecule has 28 heavy (non-hydrogen) atoms. The molecule has 0 atom stereocenters. The molecule has 3 rings (SSSR count). The highest BCUT2D eigenvalue weighted by Gasteiger charge is 2.34. The summed E-state index contributed by atoms with van der Waals surface area (Å²) in [6, 6.07) is 5.41. The molecular weight excluding hydrogens is 398 g/mol. The standard InChI is InChI=1S/C19H23N3O4S2/c1-20-6-8-21(9-7-20)17(23)12-22-18(24)16(28-19(22)27)11-13-4-5-14(25-2)15(10-13)26-3/h4-5,10-11H,6-9,12H2,1-3H3/b16-11+. The lowest BCUT2D eigenvalue weighted by atomic mass is 10.2.